The fraction of sp³-hybridized carbons (Fsp3) is 0.476. The van der Waals surface area contributed by atoms with E-state index in [4.69, 9.17) is 9.47 Å². The summed E-state index contributed by atoms with van der Waals surface area (Å²) in [5.41, 5.74) is -0.311. The second kappa shape index (κ2) is 7.43. The van der Waals surface area contributed by atoms with Crippen molar-refractivity contribution >= 4 is 11.5 Å². The lowest BCUT2D eigenvalue weighted by Gasteiger charge is -2.38. The molecule has 6 heteroatoms. The zero-order valence-corrected chi connectivity index (χ0v) is 15.9. The molecule has 146 valence electrons. The number of carbonyl (C=O) groups is 1. The largest absolute Gasteiger partial charge is 0.469 e. The summed E-state index contributed by atoms with van der Waals surface area (Å²) >= 11 is 0. The molecule has 0 N–H and O–H groups in total. The predicted octanol–water partition coefficient (Wildman–Crippen LogP) is 4.00. The number of ketones is 1. The van der Waals surface area contributed by atoms with Crippen molar-refractivity contribution in [3.8, 4) is 0 Å². The monoisotopic (exact) mass is 377 g/mol. The number of halogens is 2. The van der Waals surface area contributed by atoms with E-state index in [-0.39, 0.29) is 42.1 Å². The number of nitrogens with zero attached hydrogens (tertiary/aromatic N) is 1. The molecule has 1 heterocycles. The number of ether oxygens (including phenoxy) is 2. The van der Waals surface area contributed by atoms with Crippen LogP contribution >= 0.6 is 0 Å². The van der Waals surface area contributed by atoms with Crippen molar-refractivity contribution in [2.24, 2.45) is 11.8 Å². The molecule has 3 rings (SSSR count). The van der Waals surface area contributed by atoms with E-state index in [2.05, 4.69) is 6.58 Å². The van der Waals surface area contributed by atoms with Gasteiger partial charge in [-0.25, -0.2) is 8.78 Å². The fourth-order valence-electron chi connectivity index (χ4n) is 3.99. The van der Waals surface area contributed by atoms with E-state index >= 15 is 0 Å². The summed E-state index contributed by atoms with van der Waals surface area (Å²) in [5, 5.41) is 0. The first kappa shape index (κ1) is 19.5. The normalized spacial score (nSPS) is 25.4. The lowest BCUT2D eigenvalue weighted by atomic mass is 9.71. The van der Waals surface area contributed by atoms with E-state index in [1.807, 2.05) is 6.92 Å². The molecule has 1 aliphatic heterocycles. The summed E-state index contributed by atoms with van der Waals surface area (Å²) in [7, 11) is 3.33. The minimum atomic E-state index is -0.801. The number of carbonyl (C=O) groups excluding carboxylic acids is 1. The Bertz CT molecular complexity index is 790. The van der Waals surface area contributed by atoms with Crippen LogP contribution in [0.3, 0.4) is 0 Å². The maximum atomic E-state index is 14.6. The van der Waals surface area contributed by atoms with Gasteiger partial charge in [-0.1, -0.05) is 13.0 Å². The van der Waals surface area contributed by atoms with Crippen molar-refractivity contribution in [1.29, 1.82) is 0 Å². The van der Waals surface area contributed by atoms with E-state index in [1.54, 1.807) is 20.2 Å². The van der Waals surface area contributed by atoms with Gasteiger partial charge in [0.2, 0.25) is 0 Å². The molecule has 1 aromatic rings. The second-order valence-corrected chi connectivity index (χ2v) is 7.53. The number of fused-ring (bicyclic) bond motifs is 1. The third-order valence-corrected chi connectivity index (χ3v) is 5.54. The summed E-state index contributed by atoms with van der Waals surface area (Å²) in [5.74, 6) is -0.887. The predicted molar refractivity (Wildman–Crippen MR) is 99.3 cm³/mol. The molecule has 4 nitrogen and oxygen atoms in total. The van der Waals surface area contributed by atoms with Gasteiger partial charge in [-0.15, -0.1) is 6.58 Å². The lowest BCUT2D eigenvalue weighted by Crippen LogP contribution is -2.45. The van der Waals surface area contributed by atoms with Gasteiger partial charge in [0.25, 0.3) is 0 Å². The molecule has 2 aliphatic rings. The molecule has 1 saturated heterocycles. The number of rotatable bonds is 6. The molecule has 0 unspecified atom stereocenters. The molecule has 1 fully saturated rings. The van der Waals surface area contributed by atoms with Crippen LogP contribution in [0.15, 0.2) is 36.6 Å². The minimum absolute atomic E-state index is 0.00853. The highest BCUT2D eigenvalue weighted by molar-refractivity contribution is 5.93. The highest BCUT2D eigenvalue weighted by Crippen LogP contribution is 2.46. The van der Waals surface area contributed by atoms with Gasteiger partial charge in [-0.3, -0.25) is 4.79 Å². The summed E-state index contributed by atoms with van der Waals surface area (Å²) in [6.45, 7) is 5.69. The zero-order chi connectivity index (χ0) is 19.8. The first-order valence-electron chi connectivity index (χ1n) is 9.07. The van der Waals surface area contributed by atoms with Gasteiger partial charge in [-0.2, -0.15) is 0 Å². The van der Waals surface area contributed by atoms with Gasteiger partial charge < -0.3 is 14.4 Å². The molecule has 27 heavy (non-hydrogen) atoms. The summed E-state index contributed by atoms with van der Waals surface area (Å²) < 4.78 is 40.4. The molecule has 3 atom stereocenters. The molecular weight excluding hydrogens is 352 g/mol. The van der Waals surface area contributed by atoms with Crippen LogP contribution in [-0.2, 0) is 20.7 Å². The van der Waals surface area contributed by atoms with E-state index < -0.39 is 17.2 Å². The maximum absolute atomic E-state index is 14.6. The van der Waals surface area contributed by atoms with Gasteiger partial charge in [0.15, 0.2) is 12.6 Å². The van der Waals surface area contributed by atoms with E-state index in [1.165, 1.54) is 23.1 Å². The van der Waals surface area contributed by atoms with Crippen LogP contribution < -0.4 is 4.90 Å². The van der Waals surface area contributed by atoms with E-state index in [0.29, 0.717) is 18.6 Å². The average Bonchev–Trinajstić information content (AvgIpc) is 3.02. The first-order chi connectivity index (χ1) is 12.8. The molecule has 0 aromatic heterocycles. The number of hydrogen-bond donors (Lipinski definition) is 0. The Morgan fingerprint density at radius 2 is 2.11 bits per heavy atom. The number of anilines is 1. The number of allylic oxidation sites excluding steroid dienone is 2. The Morgan fingerprint density at radius 1 is 1.37 bits per heavy atom. The van der Waals surface area contributed by atoms with Crippen molar-refractivity contribution in [2.75, 3.05) is 25.8 Å². The summed E-state index contributed by atoms with van der Waals surface area (Å²) in [6, 6.07) is 2.45. The van der Waals surface area contributed by atoms with Gasteiger partial charge in [0, 0.05) is 32.2 Å². The Kier molecular flexibility index (Phi) is 5.38. The Labute approximate surface area is 158 Å². The van der Waals surface area contributed by atoms with Crippen LogP contribution in [0.1, 0.15) is 25.3 Å². The van der Waals surface area contributed by atoms with Crippen LogP contribution in [0.5, 0.6) is 0 Å². The standard InChI is InChI=1S/C21H25F2NO3/c1-5-6-14-11-21(20(10-19(14)25)26-12-27-21)13(2)7-15-8-17(23)18(24(3)4)9-16(15)22/h5,8-10,13-14H,1,6-7,11-12H2,2-4H3/t13-,14-,21+/m0/s1. The summed E-state index contributed by atoms with van der Waals surface area (Å²) in [6.07, 6.45) is 4.47. The highest BCUT2D eigenvalue weighted by Gasteiger charge is 2.51. The summed E-state index contributed by atoms with van der Waals surface area (Å²) in [4.78, 5) is 13.8. The molecule has 0 saturated carbocycles. The van der Waals surface area contributed by atoms with E-state index in [9.17, 15) is 13.6 Å². The topological polar surface area (TPSA) is 38.8 Å². The third-order valence-electron chi connectivity index (χ3n) is 5.54. The van der Waals surface area contributed by atoms with Crippen LogP contribution in [0.25, 0.3) is 0 Å². The molecule has 0 bridgehead atoms. The van der Waals surface area contributed by atoms with Crippen molar-refractivity contribution in [3.05, 3.63) is 53.8 Å². The van der Waals surface area contributed by atoms with Crippen molar-refractivity contribution in [2.45, 2.75) is 31.8 Å². The lowest BCUT2D eigenvalue weighted by molar-refractivity contribution is -0.123. The van der Waals surface area contributed by atoms with Gasteiger partial charge in [0.1, 0.15) is 23.0 Å². The molecule has 0 amide bonds. The number of benzene rings is 1. The first-order valence-corrected chi connectivity index (χ1v) is 9.07. The van der Waals surface area contributed by atoms with Gasteiger partial charge >= 0.3 is 0 Å². The SMILES string of the molecule is C=CC[C@H]1C[C@]2([C@@H](C)Cc3cc(F)c(N(C)C)cc3F)OCOC2=CC1=O. The second-order valence-electron chi connectivity index (χ2n) is 7.53. The Hall–Kier alpha value is -2.21. The average molecular weight is 377 g/mol. The molecular formula is C21H25F2NO3. The molecule has 0 spiro atoms. The quantitative estimate of drug-likeness (QED) is 0.703. The smallest absolute Gasteiger partial charge is 0.189 e. The van der Waals surface area contributed by atoms with Crippen LogP contribution in [0, 0.1) is 23.5 Å². The van der Waals surface area contributed by atoms with Crippen LogP contribution in [0.4, 0.5) is 14.5 Å². The Balaban J connectivity index is 1.90. The fourth-order valence-corrected chi connectivity index (χ4v) is 3.99. The van der Waals surface area contributed by atoms with Crippen LogP contribution in [-0.4, -0.2) is 32.3 Å². The maximum Gasteiger partial charge on any atom is 0.189 e. The minimum Gasteiger partial charge on any atom is -0.469 e. The Morgan fingerprint density at radius 3 is 2.78 bits per heavy atom. The van der Waals surface area contributed by atoms with Crippen LogP contribution in [0.2, 0.25) is 0 Å². The molecule has 1 aromatic carbocycles. The van der Waals surface area contributed by atoms with Crippen molar-refractivity contribution < 1.29 is 23.0 Å². The van der Waals surface area contributed by atoms with Gasteiger partial charge in [-0.05, 0) is 36.8 Å². The third kappa shape index (κ3) is 3.50. The molecule has 1 aliphatic carbocycles. The van der Waals surface area contributed by atoms with Crippen molar-refractivity contribution in [1.82, 2.24) is 0 Å². The zero-order valence-electron chi connectivity index (χ0n) is 15.9. The van der Waals surface area contributed by atoms with Gasteiger partial charge in [0.05, 0.1) is 5.69 Å². The molecule has 0 radical (unpaired) electrons. The van der Waals surface area contributed by atoms with E-state index in [0.717, 1.165) is 0 Å². The van der Waals surface area contributed by atoms with Crippen molar-refractivity contribution in [3.63, 3.8) is 0 Å². The number of hydrogen-bond acceptors (Lipinski definition) is 4. The highest BCUT2D eigenvalue weighted by atomic mass is 19.1.